The molecule has 2 aliphatic carbocycles. The summed E-state index contributed by atoms with van der Waals surface area (Å²) in [6.45, 7) is 7.32. The van der Waals surface area contributed by atoms with Crippen molar-refractivity contribution in [2.24, 2.45) is 11.3 Å². The van der Waals surface area contributed by atoms with Crippen LogP contribution in [-0.4, -0.2) is 106 Å². The second-order valence-corrected chi connectivity index (χ2v) is 20.9. The van der Waals surface area contributed by atoms with Crippen LogP contribution in [0.1, 0.15) is 101 Å². The van der Waals surface area contributed by atoms with E-state index in [1.807, 2.05) is 30.5 Å². The van der Waals surface area contributed by atoms with Crippen molar-refractivity contribution in [1.29, 1.82) is 0 Å². The summed E-state index contributed by atoms with van der Waals surface area (Å²) in [5.74, 6) is 1.37. The Bertz CT molecular complexity index is 2680. The predicted octanol–water partition coefficient (Wildman–Crippen LogP) is 8.22. The van der Waals surface area contributed by atoms with Crippen molar-refractivity contribution in [3.63, 3.8) is 0 Å². The number of phenolic OH excluding ortho intramolecular Hbond substituents is 1. The van der Waals surface area contributed by atoms with E-state index in [0.717, 1.165) is 66.9 Å². The van der Waals surface area contributed by atoms with Crippen LogP contribution in [0.2, 0.25) is 0 Å². The Morgan fingerprint density at radius 3 is 2.27 bits per heavy atom. The number of carbonyl (C=O) groups excluding carboxylic acids is 2. The van der Waals surface area contributed by atoms with Gasteiger partial charge < -0.3 is 35.0 Å². The number of halogens is 1. The number of phenols is 1. The molecule has 2 unspecified atom stereocenters. The lowest BCUT2D eigenvalue weighted by molar-refractivity contribution is -0.120. The molecule has 5 aromatic rings. The molecule has 2 atom stereocenters. The first-order valence-electron chi connectivity index (χ1n) is 25.0. The van der Waals surface area contributed by atoms with E-state index in [2.05, 4.69) is 58.0 Å². The fourth-order valence-electron chi connectivity index (χ4n) is 12.9. The minimum Gasteiger partial charge on any atom is -0.507 e. The number of piperazine rings is 1. The number of rotatable bonds is 9. The fourth-order valence-corrected chi connectivity index (χ4v) is 12.9. The number of hydrogen-bond acceptors (Lipinski definition) is 11. The first-order valence-corrected chi connectivity index (χ1v) is 25.0. The zero-order valence-electron chi connectivity index (χ0n) is 38.3. The molecule has 350 valence electrons. The number of urea groups is 1. The molecule has 3 aromatic heterocycles. The van der Waals surface area contributed by atoms with Crippen LogP contribution in [0.4, 0.5) is 37.8 Å². The largest absolute Gasteiger partial charge is 0.507 e. The second-order valence-electron chi connectivity index (χ2n) is 20.9. The number of piperidine rings is 2. The average Bonchev–Trinajstić information content (AvgIpc) is 4.07. The molecule has 7 aliphatic rings. The molecule has 0 radical (unpaired) electrons. The lowest BCUT2D eigenvalue weighted by atomic mass is 9.67. The van der Waals surface area contributed by atoms with Crippen molar-refractivity contribution in [3.05, 3.63) is 78.4 Å². The molecule has 3 amide bonds. The maximum absolute atomic E-state index is 15.8. The fraction of sp³-hybridized carbons (Fsp3) is 0.519. The lowest BCUT2D eigenvalue weighted by Gasteiger charge is -2.47. The SMILES string of the molecule is Nc1nnc(-c2ccccc2O)cc1N1CC2CCC(C1)N2c1cc(N2CCC(CN3CCC4(CCC(n5cc(C6CC6)c6cc(N7CCC(=O)NC7=O)cnc65)CC4)CC3)CC2)ccc1F. The third-order valence-electron chi connectivity index (χ3n) is 16.9. The van der Waals surface area contributed by atoms with Gasteiger partial charge in [0.15, 0.2) is 5.82 Å². The number of nitrogen functional groups attached to an aromatic ring is 1. The molecule has 15 heteroatoms. The van der Waals surface area contributed by atoms with Crippen LogP contribution in [0.5, 0.6) is 5.75 Å². The van der Waals surface area contributed by atoms with Gasteiger partial charge in [-0.15, -0.1) is 10.2 Å². The van der Waals surface area contributed by atoms with E-state index in [1.165, 1.54) is 76.6 Å². The van der Waals surface area contributed by atoms with E-state index in [4.69, 9.17) is 10.7 Å². The third-order valence-corrected chi connectivity index (χ3v) is 16.9. The summed E-state index contributed by atoms with van der Waals surface area (Å²) in [5, 5.41) is 22.7. The van der Waals surface area contributed by atoms with Gasteiger partial charge in [0, 0.05) is 86.6 Å². The predicted molar refractivity (Wildman–Crippen MR) is 259 cm³/mol. The Kier molecular flexibility index (Phi) is 10.7. The maximum Gasteiger partial charge on any atom is 0.328 e. The third kappa shape index (κ3) is 8.00. The molecule has 8 heterocycles. The van der Waals surface area contributed by atoms with Gasteiger partial charge in [0.25, 0.3) is 0 Å². The smallest absolute Gasteiger partial charge is 0.328 e. The maximum atomic E-state index is 15.8. The van der Waals surface area contributed by atoms with Gasteiger partial charge in [0.05, 0.1) is 29.0 Å². The van der Waals surface area contributed by atoms with Gasteiger partial charge >= 0.3 is 6.03 Å². The molecule has 12 rings (SSSR count). The molecule has 14 nitrogen and oxygen atoms in total. The van der Waals surface area contributed by atoms with Crippen molar-refractivity contribution < 1.29 is 19.1 Å². The quantitative estimate of drug-likeness (QED) is 0.131. The van der Waals surface area contributed by atoms with Crippen molar-refractivity contribution in [1.82, 2.24) is 30.0 Å². The van der Waals surface area contributed by atoms with Crippen molar-refractivity contribution in [2.75, 3.05) is 77.7 Å². The number of imide groups is 1. The highest BCUT2D eigenvalue weighted by Gasteiger charge is 2.43. The van der Waals surface area contributed by atoms with Gasteiger partial charge in [-0.25, -0.2) is 14.2 Å². The first kappa shape index (κ1) is 42.4. The Labute approximate surface area is 391 Å². The highest BCUT2D eigenvalue weighted by molar-refractivity contribution is 6.06. The van der Waals surface area contributed by atoms with Crippen LogP contribution in [-0.2, 0) is 4.79 Å². The summed E-state index contributed by atoms with van der Waals surface area (Å²) < 4.78 is 18.3. The average molecular weight is 908 g/mol. The Morgan fingerprint density at radius 2 is 1.54 bits per heavy atom. The summed E-state index contributed by atoms with van der Waals surface area (Å²) in [4.78, 5) is 40.9. The number of para-hydroxylation sites is 1. The summed E-state index contributed by atoms with van der Waals surface area (Å²) in [6, 6.07) is 17.3. The molecule has 2 bridgehead atoms. The number of fused-ring (bicyclic) bond motifs is 3. The number of amides is 3. The number of carbonyl (C=O) groups is 2. The minimum absolute atomic E-state index is 0.147. The summed E-state index contributed by atoms with van der Waals surface area (Å²) >= 11 is 0. The van der Waals surface area contributed by atoms with Gasteiger partial charge in [-0.05, 0) is 155 Å². The number of nitrogens with one attached hydrogen (secondary N) is 1. The molecule has 4 N–H and O–H groups in total. The van der Waals surface area contributed by atoms with Crippen LogP contribution in [0.15, 0.2) is 67.0 Å². The van der Waals surface area contributed by atoms with Gasteiger partial charge in [-0.1, -0.05) is 12.1 Å². The highest BCUT2D eigenvalue weighted by atomic mass is 19.1. The Hall–Kier alpha value is -5.96. The molecule has 5 saturated heterocycles. The van der Waals surface area contributed by atoms with Crippen LogP contribution < -0.4 is 30.7 Å². The Morgan fingerprint density at radius 1 is 0.776 bits per heavy atom. The molecule has 2 saturated carbocycles. The molecule has 5 aliphatic heterocycles. The van der Waals surface area contributed by atoms with E-state index in [1.54, 1.807) is 23.1 Å². The van der Waals surface area contributed by atoms with Crippen LogP contribution in [0, 0.1) is 17.2 Å². The Balaban J connectivity index is 0.637. The number of aromatic hydroxyl groups is 1. The number of likely N-dealkylation sites (tertiary alicyclic amines) is 1. The number of aromatic nitrogens is 4. The number of nitrogens with two attached hydrogens (primary N) is 1. The van der Waals surface area contributed by atoms with Gasteiger partial charge in [-0.2, -0.15) is 0 Å². The van der Waals surface area contributed by atoms with E-state index in [-0.39, 0.29) is 35.6 Å². The highest BCUT2D eigenvalue weighted by Crippen LogP contribution is 2.51. The number of hydrogen-bond donors (Lipinski definition) is 3. The van der Waals surface area contributed by atoms with E-state index in [0.29, 0.717) is 72.1 Å². The first-order chi connectivity index (χ1) is 32.6. The number of nitrogens with zero attached hydrogens (tertiary/aromatic N) is 9. The number of pyridine rings is 1. The molecule has 67 heavy (non-hydrogen) atoms. The molecule has 1 spiro atoms. The van der Waals surface area contributed by atoms with E-state index >= 15 is 4.39 Å². The van der Waals surface area contributed by atoms with Crippen LogP contribution in [0.25, 0.3) is 22.3 Å². The van der Waals surface area contributed by atoms with Gasteiger partial charge in [0.1, 0.15) is 17.2 Å². The topological polar surface area (TPSA) is 152 Å². The summed E-state index contributed by atoms with van der Waals surface area (Å²) in [5.41, 5.74) is 13.8. The zero-order chi connectivity index (χ0) is 45.4. The van der Waals surface area contributed by atoms with Crippen LogP contribution in [0.3, 0.4) is 0 Å². The zero-order valence-corrected chi connectivity index (χ0v) is 38.3. The van der Waals surface area contributed by atoms with Gasteiger partial charge in [-0.3, -0.25) is 15.0 Å². The lowest BCUT2D eigenvalue weighted by Crippen LogP contribution is -2.54. The molecular weight excluding hydrogens is 846 g/mol. The van der Waals surface area contributed by atoms with E-state index < -0.39 is 0 Å². The monoisotopic (exact) mass is 908 g/mol. The van der Waals surface area contributed by atoms with Crippen LogP contribution >= 0.6 is 0 Å². The minimum atomic E-state index is -0.361. The number of anilines is 5. The summed E-state index contributed by atoms with van der Waals surface area (Å²) in [6.07, 6.45) is 18.6. The molecule has 7 fully saturated rings. The van der Waals surface area contributed by atoms with Crippen molar-refractivity contribution in [3.8, 4) is 17.0 Å². The standard InChI is InChI=1S/C52H62FN11O3/c53-43-10-9-36(26-45(43)64-37-7-8-38(64)31-61(30-37)46-27-44(57-58-49(46)54)40-3-1-2-4-47(40)65)60-20-13-33(14-21-60)29-59-23-18-52(19-24-59)16-11-35(12-17-52)63-32-42(34-5-6-34)41-25-39(28-55-50(41)63)62-22-15-48(66)56-51(62)67/h1-4,9-10,25-28,32-35,37-38,65H,5-8,11-24,29-31H2,(H2,54,58)(H,56,66,67). The van der Waals surface area contributed by atoms with Gasteiger partial charge in [0.2, 0.25) is 5.91 Å². The molecule has 2 aromatic carbocycles. The van der Waals surface area contributed by atoms with Crippen molar-refractivity contribution in [2.45, 2.75) is 108 Å². The van der Waals surface area contributed by atoms with E-state index in [9.17, 15) is 14.7 Å². The second kappa shape index (κ2) is 17.0. The van der Waals surface area contributed by atoms with Crippen molar-refractivity contribution >= 4 is 51.5 Å². The normalized spacial score (nSPS) is 24.0. The number of benzene rings is 2. The molecular formula is C52H62FN11O3. The summed E-state index contributed by atoms with van der Waals surface area (Å²) in [7, 11) is 0.